The van der Waals surface area contributed by atoms with Crippen LogP contribution < -0.4 is 0 Å². The van der Waals surface area contributed by atoms with Gasteiger partial charge in [0, 0.05) is 17.0 Å². The maximum Gasteiger partial charge on any atom is 0.0577 e. The second-order valence-corrected chi connectivity index (χ2v) is 3.24. The second kappa shape index (κ2) is 5.14. The van der Waals surface area contributed by atoms with Crippen LogP contribution in [0.5, 0.6) is 0 Å². The average Bonchev–Trinajstić information content (AvgIpc) is 2.09. The van der Waals surface area contributed by atoms with E-state index in [1.807, 2.05) is 0 Å². The van der Waals surface area contributed by atoms with Crippen LogP contribution in [-0.2, 0) is 0 Å². The molecule has 0 amide bonds. The van der Waals surface area contributed by atoms with E-state index in [-0.39, 0.29) is 6.61 Å². The summed E-state index contributed by atoms with van der Waals surface area (Å²) in [6, 6.07) is 5.14. The van der Waals surface area contributed by atoms with Gasteiger partial charge in [-0.15, -0.1) is 0 Å². The van der Waals surface area contributed by atoms with Gasteiger partial charge in [0.2, 0.25) is 0 Å². The highest BCUT2D eigenvalue weighted by atomic mass is 35.5. The topological polar surface area (TPSA) is 20.2 Å². The molecule has 0 aliphatic heterocycles. The Bertz CT molecular complexity index is 350. The molecule has 1 aromatic rings. The first-order valence-electron chi connectivity index (χ1n) is 3.79. The predicted octanol–water partition coefficient (Wildman–Crippen LogP) is 2.73. The largest absolute Gasteiger partial charge is 0.395 e. The van der Waals surface area contributed by atoms with Gasteiger partial charge in [0.15, 0.2) is 0 Å². The molecule has 0 aromatic heterocycles. The van der Waals surface area contributed by atoms with Crippen LogP contribution in [0.25, 0.3) is 0 Å². The Morgan fingerprint density at radius 3 is 2.69 bits per heavy atom. The average molecular weight is 215 g/mol. The molecule has 0 aliphatic carbocycles. The number of aliphatic hydroxyl groups is 1. The lowest BCUT2D eigenvalue weighted by Crippen LogP contribution is -1.79. The van der Waals surface area contributed by atoms with Crippen molar-refractivity contribution < 1.29 is 5.11 Å². The summed E-state index contributed by atoms with van der Waals surface area (Å²) in [4.78, 5) is 0. The lowest BCUT2D eigenvalue weighted by atomic mass is 10.2. The van der Waals surface area contributed by atoms with Crippen molar-refractivity contribution in [3.05, 3.63) is 33.8 Å². The van der Waals surface area contributed by atoms with Crippen LogP contribution in [0.1, 0.15) is 12.0 Å². The van der Waals surface area contributed by atoms with Crippen LogP contribution in [0, 0.1) is 11.8 Å². The number of rotatable bonds is 1. The first kappa shape index (κ1) is 10.4. The van der Waals surface area contributed by atoms with Crippen LogP contribution in [-0.4, -0.2) is 11.7 Å². The molecule has 0 saturated heterocycles. The van der Waals surface area contributed by atoms with Gasteiger partial charge in [0.25, 0.3) is 0 Å². The van der Waals surface area contributed by atoms with Crippen LogP contribution in [0.15, 0.2) is 18.2 Å². The van der Waals surface area contributed by atoms with E-state index in [1.165, 1.54) is 0 Å². The summed E-state index contributed by atoms with van der Waals surface area (Å²) >= 11 is 11.6. The summed E-state index contributed by atoms with van der Waals surface area (Å²) < 4.78 is 0. The summed E-state index contributed by atoms with van der Waals surface area (Å²) in [5, 5.41) is 9.64. The Balaban J connectivity index is 2.85. The van der Waals surface area contributed by atoms with E-state index < -0.39 is 0 Å². The zero-order chi connectivity index (χ0) is 9.68. The monoisotopic (exact) mass is 214 g/mol. The summed E-state index contributed by atoms with van der Waals surface area (Å²) in [6.45, 7) is 0.0677. The third kappa shape index (κ3) is 3.28. The molecule has 0 bridgehead atoms. The van der Waals surface area contributed by atoms with Gasteiger partial charge in [-0.1, -0.05) is 35.0 Å². The van der Waals surface area contributed by atoms with E-state index >= 15 is 0 Å². The van der Waals surface area contributed by atoms with Crippen LogP contribution in [0.2, 0.25) is 10.0 Å². The van der Waals surface area contributed by atoms with Crippen LogP contribution in [0.3, 0.4) is 0 Å². The summed E-state index contributed by atoms with van der Waals surface area (Å²) in [7, 11) is 0. The zero-order valence-electron chi connectivity index (χ0n) is 6.85. The molecule has 0 radical (unpaired) electrons. The molecule has 1 rings (SSSR count). The highest BCUT2D eigenvalue weighted by Gasteiger charge is 1.96. The molecular formula is C10H8Cl2O. The Morgan fingerprint density at radius 1 is 1.31 bits per heavy atom. The lowest BCUT2D eigenvalue weighted by Gasteiger charge is -1.95. The molecule has 0 aliphatic rings. The molecule has 0 spiro atoms. The van der Waals surface area contributed by atoms with Crippen molar-refractivity contribution in [2.45, 2.75) is 6.42 Å². The number of hydrogen-bond acceptors (Lipinski definition) is 1. The molecule has 0 saturated carbocycles. The standard InChI is InChI=1S/C10H8Cl2O/c11-9-5-4-8(10(12)7-9)3-1-2-6-13/h4-5,7,13H,2,6H2. The van der Waals surface area contributed by atoms with E-state index in [0.29, 0.717) is 16.5 Å². The van der Waals surface area contributed by atoms with Gasteiger partial charge in [-0.05, 0) is 18.2 Å². The smallest absolute Gasteiger partial charge is 0.0577 e. The van der Waals surface area contributed by atoms with Crippen molar-refractivity contribution in [3.63, 3.8) is 0 Å². The zero-order valence-corrected chi connectivity index (χ0v) is 8.36. The van der Waals surface area contributed by atoms with E-state index in [9.17, 15) is 0 Å². The van der Waals surface area contributed by atoms with Gasteiger partial charge in [-0.2, -0.15) is 0 Å². The SMILES string of the molecule is OCCC#Cc1ccc(Cl)cc1Cl. The molecule has 13 heavy (non-hydrogen) atoms. The first-order valence-corrected chi connectivity index (χ1v) is 4.54. The maximum atomic E-state index is 8.50. The van der Waals surface area contributed by atoms with Gasteiger partial charge in [-0.3, -0.25) is 0 Å². The van der Waals surface area contributed by atoms with Crippen molar-refractivity contribution in [3.8, 4) is 11.8 Å². The fourth-order valence-electron chi connectivity index (χ4n) is 0.804. The summed E-state index contributed by atoms with van der Waals surface area (Å²) in [5.41, 5.74) is 0.736. The molecule has 0 atom stereocenters. The molecule has 1 aromatic carbocycles. The minimum atomic E-state index is 0.0677. The Morgan fingerprint density at radius 2 is 2.08 bits per heavy atom. The Hall–Kier alpha value is -0.680. The highest BCUT2D eigenvalue weighted by Crippen LogP contribution is 2.19. The van der Waals surface area contributed by atoms with Crippen LogP contribution in [0.4, 0.5) is 0 Å². The first-order chi connectivity index (χ1) is 6.24. The predicted molar refractivity (Wildman–Crippen MR) is 55.0 cm³/mol. The molecule has 68 valence electrons. The Kier molecular flexibility index (Phi) is 4.11. The van der Waals surface area contributed by atoms with Gasteiger partial charge < -0.3 is 5.11 Å². The minimum Gasteiger partial charge on any atom is -0.395 e. The number of benzene rings is 1. The van der Waals surface area contributed by atoms with Crippen molar-refractivity contribution in [1.82, 2.24) is 0 Å². The minimum absolute atomic E-state index is 0.0677. The molecular weight excluding hydrogens is 207 g/mol. The van der Waals surface area contributed by atoms with E-state index in [1.54, 1.807) is 18.2 Å². The molecule has 1 N–H and O–H groups in total. The third-order valence-electron chi connectivity index (χ3n) is 1.39. The van der Waals surface area contributed by atoms with Crippen LogP contribution >= 0.6 is 23.2 Å². The van der Waals surface area contributed by atoms with Gasteiger partial charge in [0.1, 0.15) is 0 Å². The molecule has 3 heteroatoms. The number of hydrogen-bond donors (Lipinski definition) is 1. The fourth-order valence-corrected chi connectivity index (χ4v) is 1.26. The normalized spacial score (nSPS) is 9.15. The second-order valence-electron chi connectivity index (χ2n) is 2.40. The van der Waals surface area contributed by atoms with Crippen molar-refractivity contribution in [2.24, 2.45) is 0 Å². The van der Waals surface area contributed by atoms with Crippen molar-refractivity contribution in [1.29, 1.82) is 0 Å². The molecule has 1 nitrogen and oxygen atoms in total. The van der Waals surface area contributed by atoms with E-state index in [4.69, 9.17) is 28.3 Å². The lowest BCUT2D eigenvalue weighted by molar-refractivity contribution is 0.305. The van der Waals surface area contributed by atoms with Gasteiger partial charge >= 0.3 is 0 Å². The molecule has 0 heterocycles. The molecule has 0 unspecified atom stereocenters. The quantitative estimate of drug-likeness (QED) is 0.714. The fraction of sp³-hybridized carbons (Fsp3) is 0.200. The highest BCUT2D eigenvalue weighted by molar-refractivity contribution is 6.35. The summed E-state index contributed by atoms with van der Waals surface area (Å²) in [5.74, 6) is 5.62. The van der Waals surface area contributed by atoms with Crippen molar-refractivity contribution in [2.75, 3.05) is 6.61 Å². The number of aliphatic hydroxyl groups excluding tert-OH is 1. The van der Waals surface area contributed by atoms with Gasteiger partial charge in [-0.25, -0.2) is 0 Å². The van der Waals surface area contributed by atoms with E-state index in [0.717, 1.165) is 5.56 Å². The molecule has 0 fully saturated rings. The summed E-state index contributed by atoms with van der Waals surface area (Å²) in [6.07, 6.45) is 0.457. The number of halogens is 2. The van der Waals surface area contributed by atoms with Gasteiger partial charge in [0.05, 0.1) is 11.6 Å². The van der Waals surface area contributed by atoms with E-state index in [2.05, 4.69) is 11.8 Å². The maximum absolute atomic E-state index is 8.50. The van der Waals surface area contributed by atoms with Crippen molar-refractivity contribution >= 4 is 23.2 Å². The Labute approximate surface area is 87.3 Å². The third-order valence-corrected chi connectivity index (χ3v) is 1.94.